The molecule has 0 amide bonds. The normalized spacial score (nSPS) is 14.7. The van der Waals surface area contributed by atoms with Gasteiger partial charge in [-0.3, -0.25) is 9.59 Å². The van der Waals surface area contributed by atoms with E-state index in [1.807, 2.05) is 0 Å². The van der Waals surface area contributed by atoms with Gasteiger partial charge in [-0.1, -0.05) is 0 Å². The highest BCUT2D eigenvalue weighted by molar-refractivity contribution is 5.99. The number of rotatable bonds is 2. The Morgan fingerprint density at radius 2 is 2.12 bits per heavy atom. The van der Waals surface area contributed by atoms with Gasteiger partial charge in [0.2, 0.25) is 0 Å². The van der Waals surface area contributed by atoms with Gasteiger partial charge in [0, 0.05) is 6.42 Å². The Balaban J connectivity index is 2.54. The van der Waals surface area contributed by atoms with Crippen molar-refractivity contribution in [3.63, 3.8) is 0 Å². The fourth-order valence-corrected chi connectivity index (χ4v) is 2.01. The van der Waals surface area contributed by atoms with E-state index in [4.69, 9.17) is 5.11 Å². The monoisotopic (exact) mass is 220 g/mol. The van der Waals surface area contributed by atoms with Gasteiger partial charge >= 0.3 is 5.97 Å². The molecule has 0 atom stereocenters. The predicted molar refractivity (Wildman–Crippen MR) is 55.4 cm³/mol. The summed E-state index contributed by atoms with van der Waals surface area (Å²) < 4.78 is 0. The minimum absolute atomic E-state index is 0.0301. The second-order valence-corrected chi connectivity index (χ2v) is 3.89. The Morgan fingerprint density at radius 1 is 1.38 bits per heavy atom. The van der Waals surface area contributed by atoms with Crippen LogP contribution in [0.15, 0.2) is 0 Å². The van der Waals surface area contributed by atoms with Gasteiger partial charge in [0.1, 0.15) is 5.82 Å². The maximum atomic E-state index is 11.7. The largest absolute Gasteiger partial charge is 0.481 e. The number of aromatic nitrogens is 2. The number of carbonyl (C=O) groups excluding carboxylic acids is 1. The second kappa shape index (κ2) is 4.00. The number of hydrogen-bond donors (Lipinski definition) is 1. The van der Waals surface area contributed by atoms with Crippen molar-refractivity contribution < 1.29 is 14.7 Å². The molecule has 1 aromatic heterocycles. The molecule has 16 heavy (non-hydrogen) atoms. The third kappa shape index (κ3) is 1.93. The first-order chi connectivity index (χ1) is 7.58. The molecule has 0 fully saturated rings. The third-order valence-electron chi connectivity index (χ3n) is 2.59. The second-order valence-electron chi connectivity index (χ2n) is 3.89. The van der Waals surface area contributed by atoms with E-state index < -0.39 is 5.97 Å². The molecule has 1 aliphatic carbocycles. The number of nitrogens with zero attached hydrogens (tertiary/aromatic N) is 2. The summed E-state index contributed by atoms with van der Waals surface area (Å²) in [5.41, 5.74) is 1.51. The van der Waals surface area contributed by atoms with Gasteiger partial charge < -0.3 is 5.11 Å². The summed E-state index contributed by atoms with van der Waals surface area (Å²) in [6, 6.07) is 0. The van der Waals surface area contributed by atoms with Crippen molar-refractivity contribution in [1.82, 2.24) is 9.97 Å². The number of hydrogen-bond acceptors (Lipinski definition) is 4. The number of Topliss-reactive ketones (excluding diaryl/α,β-unsaturated/α-hetero) is 1. The first-order valence-electron chi connectivity index (χ1n) is 5.19. The van der Waals surface area contributed by atoms with Gasteiger partial charge in [0.15, 0.2) is 5.78 Å². The van der Waals surface area contributed by atoms with E-state index in [1.54, 1.807) is 6.92 Å². The number of carbonyl (C=O) groups is 2. The molecule has 5 nitrogen and oxygen atoms in total. The van der Waals surface area contributed by atoms with Crippen molar-refractivity contribution >= 4 is 11.8 Å². The molecule has 0 bridgehead atoms. The van der Waals surface area contributed by atoms with Crippen LogP contribution in [0.5, 0.6) is 0 Å². The molecule has 0 aliphatic heterocycles. The predicted octanol–water partition coefficient (Wildman–Crippen LogP) is 0.931. The van der Waals surface area contributed by atoms with Crippen molar-refractivity contribution in [2.45, 2.75) is 32.6 Å². The van der Waals surface area contributed by atoms with Gasteiger partial charge in [-0.25, -0.2) is 9.97 Å². The zero-order valence-corrected chi connectivity index (χ0v) is 8.99. The molecule has 1 N–H and O–H groups in total. The van der Waals surface area contributed by atoms with Crippen LogP contribution in [0.2, 0.25) is 0 Å². The molecular weight excluding hydrogens is 208 g/mol. The molecular formula is C11H12N2O3. The quantitative estimate of drug-likeness (QED) is 0.801. The fraction of sp³-hybridized carbons (Fsp3) is 0.455. The summed E-state index contributed by atoms with van der Waals surface area (Å²) in [5, 5.41) is 8.77. The molecule has 1 heterocycles. The van der Waals surface area contributed by atoms with Crippen LogP contribution >= 0.6 is 0 Å². The maximum Gasteiger partial charge on any atom is 0.309 e. The molecule has 84 valence electrons. The molecule has 5 heteroatoms. The molecule has 0 saturated carbocycles. The molecule has 2 rings (SSSR count). The first-order valence-corrected chi connectivity index (χ1v) is 5.19. The molecule has 0 saturated heterocycles. The van der Waals surface area contributed by atoms with Crippen LogP contribution < -0.4 is 0 Å². The Morgan fingerprint density at radius 3 is 2.81 bits per heavy atom. The highest BCUT2D eigenvalue weighted by atomic mass is 16.4. The highest BCUT2D eigenvalue weighted by Crippen LogP contribution is 2.22. The van der Waals surface area contributed by atoms with Crippen molar-refractivity contribution in [3.05, 3.63) is 22.8 Å². The lowest BCUT2D eigenvalue weighted by Gasteiger charge is -2.16. The maximum absolute atomic E-state index is 11.7. The molecule has 1 aliphatic rings. The number of aliphatic carboxylic acids is 1. The van der Waals surface area contributed by atoms with Gasteiger partial charge in [0.05, 0.1) is 23.4 Å². The van der Waals surface area contributed by atoms with Crippen LogP contribution in [0.25, 0.3) is 0 Å². The van der Waals surface area contributed by atoms with Crippen LogP contribution in [0.3, 0.4) is 0 Å². The van der Waals surface area contributed by atoms with E-state index in [0.29, 0.717) is 29.2 Å². The lowest BCUT2D eigenvalue weighted by Crippen LogP contribution is -2.19. The van der Waals surface area contributed by atoms with E-state index in [1.165, 1.54) is 0 Å². The SMILES string of the molecule is Cc1nc2c(c(CC(=O)O)n1)C(=O)CCC2. The number of fused-ring (bicyclic) bond motifs is 1. The van der Waals surface area contributed by atoms with E-state index in [2.05, 4.69) is 9.97 Å². The summed E-state index contributed by atoms with van der Waals surface area (Å²) in [5.74, 6) is -0.471. The average molecular weight is 220 g/mol. The number of carboxylic acids is 1. The number of carboxylic acid groups (broad SMARTS) is 1. The summed E-state index contributed by atoms with van der Waals surface area (Å²) in [7, 11) is 0. The Hall–Kier alpha value is -1.78. The molecule has 0 spiro atoms. The third-order valence-corrected chi connectivity index (χ3v) is 2.59. The Bertz CT molecular complexity index is 469. The van der Waals surface area contributed by atoms with Crippen molar-refractivity contribution in [2.75, 3.05) is 0 Å². The lowest BCUT2D eigenvalue weighted by atomic mass is 9.92. The zero-order chi connectivity index (χ0) is 11.7. The molecule has 0 unspecified atom stereocenters. The summed E-state index contributed by atoms with van der Waals surface area (Å²) >= 11 is 0. The van der Waals surface area contributed by atoms with Crippen LogP contribution in [0.1, 0.15) is 40.4 Å². The topological polar surface area (TPSA) is 80.2 Å². The molecule has 0 aromatic carbocycles. The summed E-state index contributed by atoms with van der Waals surface area (Å²) in [4.78, 5) is 30.7. The van der Waals surface area contributed by atoms with Gasteiger partial charge in [-0.2, -0.15) is 0 Å². The van der Waals surface area contributed by atoms with Gasteiger partial charge in [-0.15, -0.1) is 0 Å². The van der Waals surface area contributed by atoms with E-state index in [9.17, 15) is 9.59 Å². The minimum Gasteiger partial charge on any atom is -0.481 e. The van der Waals surface area contributed by atoms with Crippen LogP contribution in [-0.2, 0) is 17.6 Å². The minimum atomic E-state index is -0.973. The highest BCUT2D eigenvalue weighted by Gasteiger charge is 2.24. The van der Waals surface area contributed by atoms with Gasteiger partial charge in [-0.05, 0) is 19.8 Å². The van der Waals surface area contributed by atoms with Crippen LogP contribution in [0, 0.1) is 6.92 Å². The lowest BCUT2D eigenvalue weighted by molar-refractivity contribution is -0.136. The summed E-state index contributed by atoms with van der Waals surface area (Å²) in [6.45, 7) is 1.71. The van der Waals surface area contributed by atoms with Crippen molar-refractivity contribution in [3.8, 4) is 0 Å². The molecule has 1 aromatic rings. The number of ketones is 1. The van der Waals surface area contributed by atoms with Gasteiger partial charge in [0.25, 0.3) is 0 Å². The fourth-order valence-electron chi connectivity index (χ4n) is 2.01. The summed E-state index contributed by atoms with van der Waals surface area (Å²) in [6.07, 6.45) is 1.77. The van der Waals surface area contributed by atoms with Crippen LogP contribution in [0.4, 0.5) is 0 Å². The standard InChI is InChI=1S/C11H12N2O3/c1-6-12-7-3-2-4-9(14)11(7)8(13-6)5-10(15)16/h2-5H2,1H3,(H,15,16). The number of aryl methyl sites for hydroxylation is 2. The van der Waals surface area contributed by atoms with E-state index in [-0.39, 0.29) is 12.2 Å². The van der Waals surface area contributed by atoms with Crippen molar-refractivity contribution in [1.29, 1.82) is 0 Å². The Kier molecular flexibility index (Phi) is 2.68. The van der Waals surface area contributed by atoms with Crippen LogP contribution in [-0.4, -0.2) is 26.8 Å². The Labute approximate surface area is 92.5 Å². The van der Waals surface area contributed by atoms with Crippen molar-refractivity contribution in [2.24, 2.45) is 0 Å². The molecule has 0 radical (unpaired) electrons. The van der Waals surface area contributed by atoms with E-state index in [0.717, 1.165) is 12.8 Å². The van der Waals surface area contributed by atoms with E-state index >= 15 is 0 Å². The zero-order valence-electron chi connectivity index (χ0n) is 8.99. The first kappa shape index (κ1) is 10.7. The average Bonchev–Trinajstić information content (AvgIpc) is 2.15. The smallest absolute Gasteiger partial charge is 0.309 e.